The van der Waals surface area contributed by atoms with Gasteiger partial charge in [-0.15, -0.1) is 0 Å². The van der Waals surface area contributed by atoms with Crippen LogP contribution in [0.15, 0.2) is 0 Å². The Balaban J connectivity index is -0.0000000750. The van der Waals surface area contributed by atoms with Crippen molar-refractivity contribution < 1.29 is 32.8 Å². The van der Waals surface area contributed by atoms with E-state index in [1.54, 1.807) is 0 Å². The maximum atomic E-state index is 8.74. The standard InChI is InChI=1S/Ca.Fe.H2O4S.H2O/c;;1-5(2,3)4;/h;;(H2,1,2,3,4);1H2/q+2;;;/p-1. The van der Waals surface area contributed by atoms with Crippen molar-refractivity contribution in [2.24, 2.45) is 0 Å². The van der Waals surface area contributed by atoms with Crippen LogP contribution in [-0.4, -0.2) is 55.8 Å². The largest absolute Gasteiger partial charge is 0.870 e. The van der Waals surface area contributed by atoms with Gasteiger partial charge < -0.3 is 5.48 Å². The molecule has 0 aromatic carbocycles. The zero-order valence-corrected chi connectivity index (χ0v) is 7.76. The molecule has 0 aliphatic rings. The predicted molar refractivity (Wildman–Crippen MR) is 21.9 cm³/mol. The Bertz CT molecular complexity index is 95.6. The summed E-state index contributed by atoms with van der Waals surface area (Å²) >= 11 is 1.12. The number of hydrogen-bond donors (Lipinski definition) is 2. The molecular weight excluding hydrogens is 208 g/mol. The first kappa shape index (κ1) is 16.3. The van der Waals surface area contributed by atoms with Crippen molar-refractivity contribution >= 4 is 43.2 Å². The fourth-order valence-corrected chi connectivity index (χ4v) is 0. The molecule has 5 nitrogen and oxygen atoms in total. The fourth-order valence-electron chi connectivity index (χ4n) is 0. The first-order chi connectivity index (χ1) is 3.00. The second-order valence-electron chi connectivity index (χ2n) is 0.448. The van der Waals surface area contributed by atoms with Crippen molar-refractivity contribution in [3.05, 3.63) is 0 Å². The maximum absolute atomic E-state index is 8.74. The molecule has 0 saturated carbocycles. The van der Waals surface area contributed by atoms with Crippen LogP contribution < -0.4 is 0 Å². The maximum Gasteiger partial charge on any atom is -0.870 e. The van der Waals surface area contributed by atoms with E-state index < -0.39 is 10.4 Å². The molecule has 0 heterocycles. The van der Waals surface area contributed by atoms with Gasteiger partial charge in [0.25, 0.3) is 0 Å². The zero-order chi connectivity index (χ0) is 6.50. The zero-order valence-electron chi connectivity index (χ0n) is 3.63. The van der Waals surface area contributed by atoms with Gasteiger partial charge in [-0.1, -0.05) is 0 Å². The minimum Gasteiger partial charge on any atom is -0.870 e. The monoisotopic (exact) mass is 211 g/mol. The molecule has 0 aromatic heterocycles. The molecule has 8 heteroatoms. The van der Waals surface area contributed by atoms with E-state index in [-0.39, 0.29) is 5.48 Å². The Morgan fingerprint density at radius 2 is 1.25 bits per heavy atom. The van der Waals surface area contributed by atoms with Gasteiger partial charge in [0.05, 0.1) is 0 Å². The third kappa shape index (κ3) is 128. The summed E-state index contributed by atoms with van der Waals surface area (Å²) < 4.78 is 31.6. The van der Waals surface area contributed by atoms with E-state index in [1.807, 2.05) is 0 Å². The summed E-state index contributed by atoms with van der Waals surface area (Å²) in [5, 5.41) is 0. The summed E-state index contributed by atoms with van der Waals surface area (Å²) in [4.78, 5) is 0. The molecule has 0 amide bonds. The molecule has 0 rings (SSSR count). The van der Waals surface area contributed by atoms with E-state index in [9.17, 15) is 0 Å². The number of rotatable bonds is 0. The third-order valence-corrected chi connectivity index (χ3v) is 0. The normalized spacial score (nSPS) is 8.00. The Hall–Kier alpha value is 1.61. The van der Waals surface area contributed by atoms with E-state index in [0.717, 1.165) is 32.8 Å². The second kappa shape index (κ2) is 8.61. The van der Waals surface area contributed by atoms with Crippen molar-refractivity contribution in [1.82, 2.24) is 0 Å². The van der Waals surface area contributed by atoms with E-state index >= 15 is 0 Å². The average molecular weight is 211 g/mol. The molecule has 0 aromatic rings. The molecule has 8 heavy (non-hydrogen) atoms. The van der Waals surface area contributed by atoms with Crippen LogP contribution in [0.3, 0.4) is 0 Å². The van der Waals surface area contributed by atoms with Crippen LogP contribution in [0.4, 0.5) is 0 Å². The summed E-state index contributed by atoms with van der Waals surface area (Å²) in [6.07, 6.45) is 0. The molecule has 0 aliphatic heterocycles. The molecule has 7 radical (unpaired) electrons. The van der Waals surface area contributed by atoms with Gasteiger partial charge >= 0.3 is 53.0 Å². The summed E-state index contributed by atoms with van der Waals surface area (Å²) in [7, 11) is -1.29. The molecule has 0 aliphatic carbocycles. The van der Waals surface area contributed by atoms with Crippen LogP contribution in [0.2, 0.25) is 0 Å². The smallest absolute Gasteiger partial charge is 0.870 e. The van der Waals surface area contributed by atoms with E-state index in [2.05, 4.69) is 9.76 Å². The van der Waals surface area contributed by atoms with Crippen LogP contribution in [-0.2, 0) is 20.2 Å². The van der Waals surface area contributed by atoms with Crippen molar-refractivity contribution in [2.75, 3.05) is 0 Å². The van der Waals surface area contributed by atoms with E-state index in [0.29, 0.717) is 0 Å². The number of hydrogen-bond acceptors (Lipinski definition) is 3. The van der Waals surface area contributed by atoms with E-state index in [1.165, 1.54) is 0 Å². The van der Waals surface area contributed by atoms with Crippen molar-refractivity contribution in [3.63, 3.8) is 0 Å². The van der Waals surface area contributed by atoms with Crippen LogP contribution in [0.5, 0.6) is 0 Å². The second-order valence-corrected chi connectivity index (χ2v) is 1.34. The summed E-state index contributed by atoms with van der Waals surface area (Å²) in [6, 6.07) is 0. The first-order valence-electron chi connectivity index (χ1n) is 0.948. The van der Waals surface area contributed by atoms with Crippen LogP contribution in [0, 0.1) is 0 Å². The van der Waals surface area contributed by atoms with Gasteiger partial charge in [0.2, 0.25) is 0 Å². The quantitative estimate of drug-likeness (QED) is 0.386. The van der Waals surface area contributed by atoms with Crippen LogP contribution in [0.1, 0.15) is 0 Å². The molecule has 0 unspecified atom stereocenters. The molecule has 0 bridgehead atoms. The van der Waals surface area contributed by atoms with Gasteiger partial charge in [-0.25, -0.2) is 0 Å². The van der Waals surface area contributed by atoms with Crippen molar-refractivity contribution in [1.29, 1.82) is 0 Å². The van der Waals surface area contributed by atoms with Crippen LogP contribution in [0.25, 0.3) is 0 Å². The molecule has 0 atom stereocenters. The van der Waals surface area contributed by atoms with Crippen molar-refractivity contribution in [2.45, 2.75) is 0 Å². The predicted octanol–water partition coefficient (Wildman–Crippen LogP) is -1.21. The minimum atomic E-state index is -4.67. The third-order valence-electron chi connectivity index (χ3n) is 0. The van der Waals surface area contributed by atoms with Gasteiger partial charge in [0, 0.05) is 0 Å². The molecule has 48 valence electrons. The first-order valence-corrected chi connectivity index (χ1v) is 6.35. The van der Waals surface area contributed by atoms with Gasteiger partial charge in [-0.05, 0) is 0 Å². The Kier molecular flexibility index (Phi) is 17.5. The SMILES string of the molecule is O=S(=O)(O)O.[Ca+2][Fe].[OH-]. The fraction of sp³-hybridized carbons (Fsp3) is 0. The summed E-state index contributed by atoms with van der Waals surface area (Å²) in [5.41, 5.74) is 0. The molecule has 0 fully saturated rings. The Morgan fingerprint density at radius 3 is 1.25 bits per heavy atom. The topological polar surface area (TPSA) is 105 Å². The molecule has 0 spiro atoms. The van der Waals surface area contributed by atoms with E-state index in [4.69, 9.17) is 17.5 Å². The van der Waals surface area contributed by atoms with Gasteiger partial charge in [0.15, 0.2) is 0 Å². The van der Waals surface area contributed by atoms with Gasteiger partial charge in [-0.2, -0.15) is 8.42 Å². The Labute approximate surface area is 75.0 Å². The minimum absolute atomic E-state index is 0. The molecule has 0 saturated heterocycles. The summed E-state index contributed by atoms with van der Waals surface area (Å²) in [5.74, 6) is 0. The van der Waals surface area contributed by atoms with Crippen molar-refractivity contribution in [3.8, 4) is 0 Å². The van der Waals surface area contributed by atoms with Gasteiger partial charge in [0.1, 0.15) is 0 Å². The molecular formula is H3CaFeO5S+. The van der Waals surface area contributed by atoms with Crippen LogP contribution >= 0.6 is 0 Å². The average Bonchev–Trinajstić information content (AvgIpc) is 1.36. The summed E-state index contributed by atoms with van der Waals surface area (Å²) in [6.45, 7) is 0. The molecule has 3 N–H and O–H groups in total. The Morgan fingerprint density at radius 1 is 1.25 bits per heavy atom. The van der Waals surface area contributed by atoms with Gasteiger partial charge in [-0.3, -0.25) is 9.11 Å².